The highest BCUT2D eigenvalue weighted by Crippen LogP contribution is 2.23. The van der Waals surface area contributed by atoms with Crippen LogP contribution < -0.4 is 0 Å². The van der Waals surface area contributed by atoms with Crippen LogP contribution in [0, 0.1) is 5.92 Å². The number of carbonyl (C=O) groups is 1. The molecule has 0 bridgehead atoms. The van der Waals surface area contributed by atoms with Gasteiger partial charge in [-0.25, -0.2) is 4.79 Å². The van der Waals surface area contributed by atoms with Crippen LogP contribution in [0.15, 0.2) is 30.3 Å². The minimum absolute atomic E-state index is 0.0767. The van der Waals surface area contributed by atoms with E-state index in [0.29, 0.717) is 11.5 Å². The molecule has 0 unspecified atom stereocenters. The number of benzene rings is 1. The van der Waals surface area contributed by atoms with Gasteiger partial charge in [0, 0.05) is 0 Å². The second-order valence-corrected chi connectivity index (χ2v) is 7.85. The van der Waals surface area contributed by atoms with E-state index in [-0.39, 0.29) is 12.1 Å². The van der Waals surface area contributed by atoms with Crippen molar-refractivity contribution < 1.29 is 9.53 Å². The lowest BCUT2D eigenvalue weighted by molar-refractivity contribution is 0.0215. The van der Waals surface area contributed by atoms with Gasteiger partial charge in [0.15, 0.2) is 0 Å². The van der Waals surface area contributed by atoms with Gasteiger partial charge < -0.3 is 4.74 Å². The Bertz CT molecular complexity index is 468. The maximum Gasteiger partial charge on any atom is 0.338 e. The Morgan fingerprint density at radius 1 is 0.800 bits per heavy atom. The monoisotopic (exact) mass is 344 g/mol. The molecule has 25 heavy (non-hydrogen) atoms. The van der Waals surface area contributed by atoms with Gasteiger partial charge in [0.2, 0.25) is 0 Å². The number of hydrogen-bond donors (Lipinski definition) is 0. The first-order chi connectivity index (χ1) is 12.3. The van der Waals surface area contributed by atoms with Crippen molar-refractivity contribution in [2.45, 2.75) is 96.5 Å². The normalized spacial score (nSPS) is 24.7. The van der Waals surface area contributed by atoms with Gasteiger partial charge in [-0.1, -0.05) is 89.3 Å². The highest BCUT2D eigenvalue weighted by Gasteiger charge is 2.18. The number of esters is 1. The fraction of sp³-hybridized carbons (Fsp3) is 0.696. The van der Waals surface area contributed by atoms with E-state index in [1.807, 2.05) is 30.3 Å². The van der Waals surface area contributed by atoms with Crippen LogP contribution in [-0.2, 0) is 4.74 Å². The summed E-state index contributed by atoms with van der Waals surface area (Å²) in [5.74, 6) is 0.481. The third kappa shape index (κ3) is 8.56. The predicted octanol–water partition coefficient (Wildman–Crippen LogP) is 6.93. The molecule has 0 N–H and O–H groups in total. The zero-order valence-electron chi connectivity index (χ0n) is 16.1. The predicted molar refractivity (Wildman–Crippen MR) is 105 cm³/mol. The Morgan fingerprint density at radius 3 is 1.92 bits per heavy atom. The summed E-state index contributed by atoms with van der Waals surface area (Å²) < 4.78 is 5.89. The molecule has 0 aliphatic heterocycles. The number of hydrogen-bond acceptors (Lipinski definition) is 2. The molecule has 1 aromatic carbocycles. The van der Waals surface area contributed by atoms with Crippen molar-refractivity contribution in [2.75, 3.05) is 0 Å². The molecule has 2 rings (SSSR count). The third-order valence-electron chi connectivity index (χ3n) is 5.42. The standard InChI is InChI=1S/C23H36O2/c1-20-15-11-8-6-4-2-3-5-7-9-14-18-22(19-20)25-23(24)21-16-12-10-13-17-21/h10,12-13,16-17,20,22H,2-9,11,14-15,18-19H2,1H3/t20-,22+/m1/s1. The van der Waals surface area contributed by atoms with Gasteiger partial charge in [-0.3, -0.25) is 0 Å². The van der Waals surface area contributed by atoms with E-state index in [0.717, 1.165) is 12.8 Å². The molecule has 1 fully saturated rings. The van der Waals surface area contributed by atoms with E-state index >= 15 is 0 Å². The summed E-state index contributed by atoms with van der Waals surface area (Å²) in [4.78, 5) is 12.4. The fourth-order valence-electron chi connectivity index (χ4n) is 3.86. The number of carbonyl (C=O) groups excluding carboxylic acids is 1. The number of rotatable bonds is 2. The molecule has 140 valence electrons. The Kier molecular flexibility index (Phi) is 9.69. The van der Waals surface area contributed by atoms with Crippen LogP contribution >= 0.6 is 0 Å². The summed E-state index contributed by atoms with van der Waals surface area (Å²) in [5.41, 5.74) is 0.672. The van der Waals surface area contributed by atoms with Gasteiger partial charge in [0.05, 0.1) is 5.56 Å². The van der Waals surface area contributed by atoms with Crippen molar-refractivity contribution in [1.29, 1.82) is 0 Å². The topological polar surface area (TPSA) is 26.3 Å². The summed E-state index contributed by atoms with van der Waals surface area (Å²) in [7, 11) is 0. The van der Waals surface area contributed by atoms with E-state index in [4.69, 9.17) is 4.74 Å². The zero-order chi connectivity index (χ0) is 17.7. The molecule has 1 aliphatic carbocycles. The minimum Gasteiger partial charge on any atom is -0.459 e. The van der Waals surface area contributed by atoms with Gasteiger partial charge in [-0.15, -0.1) is 0 Å². The van der Waals surface area contributed by atoms with Gasteiger partial charge in [0.25, 0.3) is 0 Å². The molecular formula is C23H36O2. The molecule has 0 radical (unpaired) electrons. The van der Waals surface area contributed by atoms with E-state index in [1.165, 1.54) is 70.6 Å². The average molecular weight is 345 g/mol. The van der Waals surface area contributed by atoms with Crippen LogP contribution in [0.5, 0.6) is 0 Å². The molecule has 2 atom stereocenters. The van der Waals surface area contributed by atoms with Gasteiger partial charge >= 0.3 is 5.97 Å². The van der Waals surface area contributed by atoms with E-state index in [9.17, 15) is 4.79 Å². The second kappa shape index (κ2) is 12.1. The van der Waals surface area contributed by atoms with Gasteiger partial charge in [0.1, 0.15) is 6.10 Å². The van der Waals surface area contributed by atoms with Crippen LogP contribution in [0.1, 0.15) is 101 Å². The van der Waals surface area contributed by atoms with Crippen molar-refractivity contribution in [2.24, 2.45) is 5.92 Å². The van der Waals surface area contributed by atoms with Crippen LogP contribution in [-0.4, -0.2) is 12.1 Å². The fourth-order valence-corrected chi connectivity index (χ4v) is 3.86. The molecule has 0 aromatic heterocycles. The summed E-state index contributed by atoms with van der Waals surface area (Å²) >= 11 is 0. The minimum atomic E-state index is -0.157. The lowest BCUT2D eigenvalue weighted by Crippen LogP contribution is -2.21. The van der Waals surface area contributed by atoms with Crippen molar-refractivity contribution in [3.05, 3.63) is 35.9 Å². The van der Waals surface area contributed by atoms with Gasteiger partial charge in [-0.05, 0) is 37.3 Å². The Morgan fingerprint density at radius 2 is 1.32 bits per heavy atom. The molecule has 1 aromatic rings. The molecule has 2 nitrogen and oxygen atoms in total. The van der Waals surface area contributed by atoms with Crippen LogP contribution in [0.3, 0.4) is 0 Å². The van der Waals surface area contributed by atoms with Gasteiger partial charge in [-0.2, -0.15) is 0 Å². The zero-order valence-corrected chi connectivity index (χ0v) is 16.1. The van der Waals surface area contributed by atoms with Crippen molar-refractivity contribution in [1.82, 2.24) is 0 Å². The molecule has 0 amide bonds. The summed E-state index contributed by atoms with van der Waals surface area (Å²) in [6, 6.07) is 9.42. The highest BCUT2D eigenvalue weighted by molar-refractivity contribution is 5.89. The SMILES string of the molecule is C[C@@H]1CCCCCCCCCCCC[C@H](OC(=O)c2ccccc2)C1. The van der Waals surface area contributed by atoms with Crippen molar-refractivity contribution in [3.8, 4) is 0 Å². The molecule has 1 aliphatic rings. The molecule has 0 heterocycles. The first kappa shape index (κ1) is 20.0. The van der Waals surface area contributed by atoms with E-state index in [1.54, 1.807) is 0 Å². The average Bonchev–Trinajstić information content (AvgIpc) is 2.63. The summed E-state index contributed by atoms with van der Waals surface area (Å²) in [6.07, 6.45) is 16.8. The molecule has 1 saturated carbocycles. The first-order valence-corrected chi connectivity index (χ1v) is 10.5. The second-order valence-electron chi connectivity index (χ2n) is 7.85. The lowest BCUT2D eigenvalue weighted by atomic mass is 9.94. The van der Waals surface area contributed by atoms with Crippen molar-refractivity contribution >= 4 is 5.97 Å². The van der Waals surface area contributed by atoms with Crippen LogP contribution in [0.2, 0.25) is 0 Å². The molecule has 0 saturated heterocycles. The maximum absolute atomic E-state index is 12.4. The third-order valence-corrected chi connectivity index (χ3v) is 5.42. The smallest absolute Gasteiger partial charge is 0.338 e. The molecule has 2 heteroatoms. The highest BCUT2D eigenvalue weighted by atomic mass is 16.5. The van der Waals surface area contributed by atoms with E-state index < -0.39 is 0 Å². The van der Waals surface area contributed by atoms with Crippen LogP contribution in [0.4, 0.5) is 0 Å². The quantitative estimate of drug-likeness (QED) is 0.543. The Balaban J connectivity index is 1.88. The Labute approximate surface area is 154 Å². The maximum atomic E-state index is 12.4. The largest absolute Gasteiger partial charge is 0.459 e. The van der Waals surface area contributed by atoms with Crippen molar-refractivity contribution in [3.63, 3.8) is 0 Å². The van der Waals surface area contributed by atoms with E-state index in [2.05, 4.69) is 6.92 Å². The Hall–Kier alpha value is -1.31. The number of ether oxygens (including phenoxy) is 1. The first-order valence-electron chi connectivity index (χ1n) is 10.5. The lowest BCUT2D eigenvalue weighted by Gasteiger charge is -2.22. The van der Waals surface area contributed by atoms with Crippen LogP contribution in [0.25, 0.3) is 0 Å². The molecule has 0 spiro atoms. The molecular weight excluding hydrogens is 308 g/mol. The summed E-state index contributed by atoms with van der Waals surface area (Å²) in [5, 5.41) is 0. The summed E-state index contributed by atoms with van der Waals surface area (Å²) in [6.45, 7) is 2.32.